The van der Waals surface area contributed by atoms with Gasteiger partial charge in [-0.3, -0.25) is 4.79 Å². The van der Waals surface area contributed by atoms with Crippen LogP contribution in [0.3, 0.4) is 0 Å². The monoisotopic (exact) mass is 271 g/mol. The first kappa shape index (κ1) is 16.4. The van der Waals surface area contributed by atoms with E-state index >= 15 is 0 Å². The highest BCUT2D eigenvalue weighted by molar-refractivity contribution is 5.81. The highest BCUT2D eigenvalue weighted by Gasteiger charge is 2.48. The van der Waals surface area contributed by atoms with Gasteiger partial charge in [0.05, 0.1) is 6.61 Å². The van der Waals surface area contributed by atoms with Crippen LogP contribution in [0.5, 0.6) is 0 Å². The highest BCUT2D eigenvalue weighted by Crippen LogP contribution is 2.38. The lowest BCUT2D eigenvalue weighted by Gasteiger charge is -2.32. The van der Waals surface area contributed by atoms with Crippen molar-refractivity contribution in [3.8, 4) is 0 Å². The van der Waals surface area contributed by atoms with E-state index in [-0.39, 0.29) is 5.97 Å². The minimum atomic E-state index is -0.489. The number of carbonyl (C=O) groups is 1. The Kier molecular flexibility index (Phi) is 6.80. The van der Waals surface area contributed by atoms with Crippen LogP contribution in [0, 0.1) is 11.8 Å². The second kappa shape index (κ2) is 7.85. The fourth-order valence-corrected chi connectivity index (χ4v) is 2.97. The van der Waals surface area contributed by atoms with Crippen LogP contribution in [0.25, 0.3) is 0 Å². The van der Waals surface area contributed by atoms with Crippen LogP contribution in [0.2, 0.25) is 0 Å². The molecule has 0 amide bonds. The number of esters is 1. The van der Waals surface area contributed by atoms with Crippen LogP contribution in [-0.2, 0) is 14.3 Å². The van der Waals surface area contributed by atoms with Crippen LogP contribution in [0.15, 0.2) is 0 Å². The van der Waals surface area contributed by atoms with Crippen molar-refractivity contribution in [2.24, 2.45) is 11.8 Å². The smallest absolute Gasteiger partial charge is 0.326 e. The predicted molar refractivity (Wildman–Crippen MR) is 76.0 cm³/mol. The molecule has 1 rings (SSSR count). The molecule has 0 radical (unpaired) electrons. The average Bonchev–Trinajstić information content (AvgIpc) is 2.79. The summed E-state index contributed by atoms with van der Waals surface area (Å²) in [5.41, 5.74) is -0.489. The van der Waals surface area contributed by atoms with Crippen molar-refractivity contribution in [1.29, 1.82) is 0 Å². The summed E-state index contributed by atoms with van der Waals surface area (Å²) in [6, 6.07) is 0. The van der Waals surface area contributed by atoms with E-state index in [4.69, 9.17) is 9.47 Å². The maximum Gasteiger partial charge on any atom is 0.326 e. The molecule has 1 aliphatic carbocycles. The van der Waals surface area contributed by atoms with Gasteiger partial charge in [-0.15, -0.1) is 0 Å². The van der Waals surface area contributed by atoms with Crippen molar-refractivity contribution in [3.63, 3.8) is 0 Å². The summed E-state index contributed by atoms with van der Waals surface area (Å²) in [4.78, 5) is 12.2. The Hall–Kier alpha value is -0.610. The quantitative estimate of drug-likeness (QED) is 0.544. The van der Waals surface area contributed by atoms with Gasteiger partial charge in [-0.1, -0.05) is 20.3 Å². The van der Waals surface area contributed by atoms with Crippen LogP contribution >= 0.6 is 0 Å². The molecule has 1 aliphatic rings. The predicted octanol–water partition coefficient (Wildman–Crippen LogP) is 2.37. The first-order valence-corrected chi connectivity index (χ1v) is 7.50. The third-order valence-electron chi connectivity index (χ3n) is 3.97. The molecule has 19 heavy (non-hydrogen) atoms. The number of nitrogens with one attached hydrogen (secondary N) is 1. The lowest BCUT2D eigenvalue weighted by atomic mass is 9.85. The van der Waals surface area contributed by atoms with Gasteiger partial charge in [0.25, 0.3) is 0 Å². The zero-order valence-corrected chi connectivity index (χ0v) is 12.8. The minimum absolute atomic E-state index is 0.0936. The van der Waals surface area contributed by atoms with E-state index < -0.39 is 5.54 Å². The first-order valence-electron chi connectivity index (χ1n) is 7.50. The van der Waals surface area contributed by atoms with Crippen molar-refractivity contribution in [3.05, 3.63) is 0 Å². The molecule has 112 valence electrons. The molecule has 0 spiro atoms. The largest absolute Gasteiger partial charge is 0.465 e. The minimum Gasteiger partial charge on any atom is -0.465 e. The summed E-state index contributed by atoms with van der Waals surface area (Å²) in [6.07, 6.45) is 3.95. The van der Waals surface area contributed by atoms with Gasteiger partial charge in [0.1, 0.15) is 5.54 Å². The molecular weight excluding hydrogens is 242 g/mol. The summed E-state index contributed by atoms with van der Waals surface area (Å²) in [7, 11) is 1.87. The van der Waals surface area contributed by atoms with Gasteiger partial charge < -0.3 is 14.8 Å². The van der Waals surface area contributed by atoms with Crippen molar-refractivity contribution < 1.29 is 14.3 Å². The van der Waals surface area contributed by atoms with Crippen molar-refractivity contribution >= 4 is 5.97 Å². The summed E-state index contributed by atoms with van der Waals surface area (Å²) >= 11 is 0. The van der Waals surface area contributed by atoms with Crippen LogP contribution < -0.4 is 5.32 Å². The van der Waals surface area contributed by atoms with Crippen molar-refractivity contribution in [1.82, 2.24) is 5.32 Å². The van der Waals surface area contributed by atoms with Gasteiger partial charge in [0, 0.05) is 13.2 Å². The molecule has 4 heteroatoms. The van der Waals surface area contributed by atoms with Gasteiger partial charge >= 0.3 is 5.97 Å². The summed E-state index contributed by atoms with van der Waals surface area (Å²) in [6.45, 7) is 8.11. The highest BCUT2D eigenvalue weighted by atomic mass is 16.5. The van der Waals surface area contributed by atoms with Crippen LogP contribution in [-0.4, -0.2) is 38.4 Å². The van der Waals surface area contributed by atoms with Gasteiger partial charge in [0.15, 0.2) is 0 Å². The third-order valence-corrected chi connectivity index (χ3v) is 3.97. The van der Waals surface area contributed by atoms with E-state index in [1.165, 1.54) is 0 Å². The van der Waals surface area contributed by atoms with Gasteiger partial charge in [-0.2, -0.15) is 0 Å². The molecule has 2 atom stereocenters. The molecule has 0 aliphatic heterocycles. The maximum absolute atomic E-state index is 12.2. The Morgan fingerprint density at radius 2 is 2.21 bits per heavy atom. The Labute approximate surface area is 117 Å². The second-order valence-electron chi connectivity index (χ2n) is 5.79. The van der Waals surface area contributed by atoms with E-state index in [1.54, 1.807) is 0 Å². The molecule has 1 saturated carbocycles. The molecule has 1 N–H and O–H groups in total. The molecule has 0 aromatic rings. The number of hydrogen-bond acceptors (Lipinski definition) is 4. The molecule has 4 nitrogen and oxygen atoms in total. The molecule has 0 bridgehead atoms. The number of hydrogen-bond donors (Lipinski definition) is 1. The maximum atomic E-state index is 12.2. The molecule has 0 saturated heterocycles. The fourth-order valence-electron chi connectivity index (χ4n) is 2.97. The van der Waals surface area contributed by atoms with E-state index in [1.807, 2.05) is 14.0 Å². The van der Waals surface area contributed by atoms with E-state index in [9.17, 15) is 4.79 Å². The van der Waals surface area contributed by atoms with Crippen LogP contribution in [0.1, 0.15) is 46.5 Å². The van der Waals surface area contributed by atoms with E-state index in [0.29, 0.717) is 18.4 Å². The lowest BCUT2D eigenvalue weighted by Crippen LogP contribution is -2.54. The van der Waals surface area contributed by atoms with Crippen molar-refractivity contribution in [2.75, 3.05) is 26.9 Å². The Morgan fingerprint density at radius 1 is 1.47 bits per heavy atom. The third kappa shape index (κ3) is 4.18. The zero-order valence-electron chi connectivity index (χ0n) is 12.8. The zero-order chi connectivity index (χ0) is 14.3. The summed E-state index contributed by atoms with van der Waals surface area (Å²) in [5, 5.41) is 3.23. The summed E-state index contributed by atoms with van der Waals surface area (Å²) < 4.78 is 10.9. The summed E-state index contributed by atoms with van der Waals surface area (Å²) in [5.74, 6) is 0.787. The molecule has 1 fully saturated rings. The standard InChI is InChI=1S/C15H29NO3/c1-5-19-14(17)15(16-4)9-6-7-13(15)8-10-18-11-12(2)3/h12-13,16H,5-11H2,1-4H3. The van der Waals surface area contributed by atoms with E-state index in [0.717, 1.165) is 38.9 Å². The number of carbonyl (C=O) groups excluding carboxylic acids is 1. The second-order valence-corrected chi connectivity index (χ2v) is 5.79. The molecule has 0 heterocycles. The molecule has 0 aromatic heterocycles. The van der Waals surface area contributed by atoms with Crippen molar-refractivity contribution in [2.45, 2.75) is 52.0 Å². The Balaban J connectivity index is 2.52. The number of ether oxygens (including phenoxy) is 2. The lowest BCUT2D eigenvalue weighted by molar-refractivity contribution is -0.153. The molecule has 2 unspecified atom stereocenters. The topological polar surface area (TPSA) is 47.6 Å². The molecular formula is C15H29NO3. The van der Waals surface area contributed by atoms with Gasteiger partial charge in [-0.05, 0) is 45.1 Å². The van der Waals surface area contributed by atoms with E-state index in [2.05, 4.69) is 19.2 Å². The molecule has 0 aromatic carbocycles. The number of rotatable bonds is 8. The normalized spacial score (nSPS) is 26.9. The average molecular weight is 271 g/mol. The fraction of sp³-hybridized carbons (Fsp3) is 0.933. The van der Waals surface area contributed by atoms with Gasteiger partial charge in [0.2, 0.25) is 0 Å². The Morgan fingerprint density at radius 3 is 2.79 bits per heavy atom. The first-order chi connectivity index (χ1) is 9.06. The SMILES string of the molecule is CCOC(=O)C1(NC)CCCC1CCOCC(C)C. The Bertz CT molecular complexity index is 281. The van der Waals surface area contributed by atoms with Crippen LogP contribution in [0.4, 0.5) is 0 Å². The van der Waals surface area contributed by atoms with Gasteiger partial charge in [-0.25, -0.2) is 0 Å². The number of likely N-dealkylation sites (N-methyl/N-ethyl adjacent to an activating group) is 1.